The summed E-state index contributed by atoms with van der Waals surface area (Å²) in [6.07, 6.45) is 2.55. The zero-order valence-corrected chi connectivity index (χ0v) is 21.2. The van der Waals surface area contributed by atoms with Crippen LogP contribution in [-0.4, -0.2) is 34.2 Å². The van der Waals surface area contributed by atoms with Crippen LogP contribution in [0.3, 0.4) is 0 Å². The van der Waals surface area contributed by atoms with Crippen molar-refractivity contribution in [2.45, 2.75) is 20.3 Å². The van der Waals surface area contributed by atoms with Gasteiger partial charge in [-0.1, -0.05) is 78.6 Å². The van der Waals surface area contributed by atoms with E-state index in [0.717, 1.165) is 34.4 Å². The molecule has 3 aromatic carbocycles. The lowest BCUT2D eigenvalue weighted by Crippen LogP contribution is -2.30. The van der Waals surface area contributed by atoms with E-state index >= 15 is 0 Å². The van der Waals surface area contributed by atoms with Crippen molar-refractivity contribution in [3.05, 3.63) is 100.0 Å². The molecule has 5 nitrogen and oxygen atoms in total. The number of benzene rings is 3. The highest BCUT2D eigenvalue weighted by molar-refractivity contribution is 8.26. The maximum absolute atomic E-state index is 12.9. The summed E-state index contributed by atoms with van der Waals surface area (Å²) in [6, 6.07) is 23.3. The number of aryl methyl sites for hydroxylation is 2. The van der Waals surface area contributed by atoms with Gasteiger partial charge in [-0.15, -0.1) is 0 Å². The maximum Gasteiger partial charge on any atom is 0.266 e. The average molecular weight is 503 g/mol. The molecule has 1 aliphatic heterocycles. The van der Waals surface area contributed by atoms with E-state index in [-0.39, 0.29) is 18.4 Å². The van der Waals surface area contributed by atoms with Crippen molar-refractivity contribution in [1.29, 1.82) is 0 Å². The van der Waals surface area contributed by atoms with Gasteiger partial charge in [0.25, 0.3) is 11.8 Å². The van der Waals surface area contributed by atoms with Crippen molar-refractivity contribution in [2.75, 3.05) is 18.5 Å². The van der Waals surface area contributed by atoms with Gasteiger partial charge in [-0.25, -0.2) is 0 Å². The third-order valence-electron chi connectivity index (χ3n) is 5.53. The Kier molecular flexibility index (Phi) is 8.00. The second-order valence-corrected chi connectivity index (χ2v) is 9.97. The lowest BCUT2D eigenvalue weighted by Gasteiger charge is -2.14. The van der Waals surface area contributed by atoms with Crippen molar-refractivity contribution in [2.24, 2.45) is 0 Å². The third kappa shape index (κ3) is 6.59. The highest BCUT2D eigenvalue weighted by Crippen LogP contribution is 2.33. The first-order valence-corrected chi connectivity index (χ1v) is 12.5. The first kappa shape index (κ1) is 24.7. The van der Waals surface area contributed by atoms with Crippen LogP contribution in [-0.2, 0) is 16.0 Å². The minimum Gasteiger partial charge on any atom is -0.484 e. The first-order valence-electron chi connectivity index (χ1n) is 11.3. The van der Waals surface area contributed by atoms with Gasteiger partial charge >= 0.3 is 0 Å². The number of thioether (sulfide) groups is 1. The SMILES string of the molecule is Cc1ccc(C)c(NC(=O)COc2cccc(/C=C3\SC(=S)N(CCc4ccccc4)C3=O)c2)c1. The summed E-state index contributed by atoms with van der Waals surface area (Å²) in [7, 11) is 0. The minimum absolute atomic E-state index is 0.0878. The molecule has 2 amide bonds. The number of ether oxygens (including phenoxy) is 1. The molecule has 35 heavy (non-hydrogen) atoms. The van der Waals surface area contributed by atoms with Crippen LogP contribution in [0.25, 0.3) is 6.08 Å². The number of anilines is 1. The van der Waals surface area contributed by atoms with Crippen molar-refractivity contribution >= 4 is 51.9 Å². The number of rotatable bonds is 8. The number of carbonyl (C=O) groups is 2. The number of hydrogen-bond acceptors (Lipinski definition) is 5. The van der Waals surface area contributed by atoms with Crippen molar-refractivity contribution < 1.29 is 14.3 Å². The Morgan fingerprint density at radius 3 is 2.66 bits per heavy atom. The van der Waals surface area contributed by atoms with Crippen LogP contribution in [0.4, 0.5) is 5.69 Å². The molecular weight excluding hydrogens is 476 g/mol. The highest BCUT2D eigenvalue weighted by Gasteiger charge is 2.31. The zero-order valence-electron chi connectivity index (χ0n) is 19.6. The van der Waals surface area contributed by atoms with Crippen molar-refractivity contribution in [1.82, 2.24) is 4.90 Å². The summed E-state index contributed by atoms with van der Waals surface area (Å²) in [5.74, 6) is 0.230. The summed E-state index contributed by atoms with van der Waals surface area (Å²) in [6.45, 7) is 4.36. The molecule has 0 atom stereocenters. The molecule has 0 radical (unpaired) electrons. The lowest BCUT2D eigenvalue weighted by molar-refractivity contribution is -0.122. The molecule has 1 saturated heterocycles. The van der Waals surface area contributed by atoms with Crippen LogP contribution in [0, 0.1) is 13.8 Å². The Morgan fingerprint density at radius 1 is 1.06 bits per heavy atom. The molecule has 178 valence electrons. The Bertz CT molecular complexity index is 1290. The summed E-state index contributed by atoms with van der Waals surface area (Å²) in [5.41, 5.74) is 4.82. The predicted octanol–water partition coefficient (Wildman–Crippen LogP) is 5.76. The van der Waals surface area contributed by atoms with E-state index in [0.29, 0.717) is 21.5 Å². The molecule has 1 fully saturated rings. The van der Waals surface area contributed by atoms with E-state index in [1.807, 2.05) is 86.7 Å². The molecular formula is C28H26N2O3S2. The molecule has 0 aromatic heterocycles. The van der Waals surface area contributed by atoms with E-state index < -0.39 is 0 Å². The van der Waals surface area contributed by atoms with Crippen LogP contribution >= 0.6 is 24.0 Å². The number of amides is 2. The molecule has 1 heterocycles. The number of carbonyl (C=O) groups excluding carboxylic acids is 2. The smallest absolute Gasteiger partial charge is 0.266 e. The van der Waals surface area contributed by atoms with Crippen LogP contribution in [0.1, 0.15) is 22.3 Å². The fourth-order valence-electron chi connectivity index (χ4n) is 3.63. The van der Waals surface area contributed by atoms with Gasteiger partial charge in [0.1, 0.15) is 10.1 Å². The van der Waals surface area contributed by atoms with Gasteiger partial charge < -0.3 is 10.1 Å². The lowest BCUT2D eigenvalue weighted by atomic mass is 10.1. The summed E-state index contributed by atoms with van der Waals surface area (Å²) in [4.78, 5) is 27.5. The standard InChI is InChI=1S/C28H26N2O3S2/c1-19-11-12-20(2)24(15-19)29-26(31)18-33-23-10-6-9-22(16-23)17-25-27(32)30(28(34)35-25)14-13-21-7-4-3-5-8-21/h3-12,15-17H,13-14,18H2,1-2H3,(H,29,31)/b25-17-. The number of hydrogen-bond donors (Lipinski definition) is 1. The van der Waals surface area contributed by atoms with Gasteiger partial charge in [-0.2, -0.15) is 0 Å². The molecule has 3 aromatic rings. The molecule has 0 spiro atoms. The predicted molar refractivity (Wildman–Crippen MR) is 147 cm³/mol. The Morgan fingerprint density at radius 2 is 1.86 bits per heavy atom. The number of nitrogens with one attached hydrogen (secondary N) is 1. The Hall–Kier alpha value is -3.42. The molecule has 1 aliphatic rings. The van der Waals surface area contributed by atoms with Gasteiger partial charge in [-0.3, -0.25) is 14.5 Å². The topological polar surface area (TPSA) is 58.6 Å². The highest BCUT2D eigenvalue weighted by atomic mass is 32.2. The summed E-state index contributed by atoms with van der Waals surface area (Å²) >= 11 is 6.75. The van der Waals surface area contributed by atoms with E-state index in [4.69, 9.17) is 17.0 Å². The molecule has 0 aliphatic carbocycles. The molecule has 0 bridgehead atoms. The van der Waals surface area contributed by atoms with Crippen LogP contribution in [0.5, 0.6) is 5.75 Å². The maximum atomic E-state index is 12.9. The number of thiocarbonyl (C=S) groups is 1. The Labute approximate surface area is 215 Å². The largest absolute Gasteiger partial charge is 0.484 e. The van der Waals surface area contributed by atoms with Gasteiger partial charge in [0, 0.05) is 12.2 Å². The molecule has 4 rings (SSSR count). The van der Waals surface area contributed by atoms with Crippen LogP contribution in [0.15, 0.2) is 77.7 Å². The summed E-state index contributed by atoms with van der Waals surface area (Å²) < 4.78 is 6.27. The Balaban J connectivity index is 1.36. The quantitative estimate of drug-likeness (QED) is 0.313. The van der Waals surface area contributed by atoms with E-state index in [2.05, 4.69) is 5.32 Å². The van der Waals surface area contributed by atoms with Gasteiger partial charge in [-0.05, 0) is 66.8 Å². The van der Waals surface area contributed by atoms with Gasteiger partial charge in [0.2, 0.25) is 0 Å². The fraction of sp³-hybridized carbons (Fsp3) is 0.179. The van der Waals surface area contributed by atoms with E-state index in [1.165, 1.54) is 11.8 Å². The number of nitrogens with zero attached hydrogens (tertiary/aromatic N) is 1. The van der Waals surface area contributed by atoms with Crippen LogP contribution < -0.4 is 10.1 Å². The second kappa shape index (κ2) is 11.3. The third-order valence-corrected chi connectivity index (χ3v) is 6.91. The first-order chi connectivity index (χ1) is 16.9. The normalized spacial score (nSPS) is 14.5. The zero-order chi connectivity index (χ0) is 24.8. The molecule has 7 heteroatoms. The van der Waals surface area contributed by atoms with Gasteiger partial charge in [0.15, 0.2) is 6.61 Å². The minimum atomic E-state index is -0.233. The molecule has 0 saturated carbocycles. The molecule has 1 N–H and O–H groups in total. The van der Waals surface area contributed by atoms with Crippen molar-refractivity contribution in [3.8, 4) is 5.75 Å². The monoisotopic (exact) mass is 502 g/mol. The fourth-order valence-corrected chi connectivity index (χ4v) is 4.94. The average Bonchev–Trinajstić information content (AvgIpc) is 3.11. The van der Waals surface area contributed by atoms with Gasteiger partial charge in [0.05, 0.1) is 4.91 Å². The molecule has 0 unspecified atom stereocenters. The second-order valence-electron chi connectivity index (χ2n) is 8.30. The van der Waals surface area contributed by atoms with Crippen molar-refractivity contribution in [3.63, 3.8) is 0 Å². The summed E-state index contributed by atoms with van der Waals surface area (Å²) in [5, 5.41) is 2.89. The van der Waals surface area contributed by atoms with Crippen LogP contribution in [0.2, 0.25) is 0 Å². The van der Waals surface area contributed by atoms with E-state index in [1.54, 1.807) is 11.0 Å². The van der Waals surface area contributed by atoms with E-state index in [9.17, 15) is 9.59 Å².